The van der Waals surface area contributed by atoms with Crippen molar-refractivity contribution in [3.63, 3.8) is 0 Å². The SMILES string of the molecule is C#Cc1ccc(-c2cnc([C@@H]3CCCN3PC3CC3)[nH]2)cc1. The molecule has 2 atom stereocenters. The number of H-pyrrole nitrogens is 1. The number of hydrogen-bond donors (Lipinski definition) is 1. The first kappa shape index (κ1) is 14.0. The van der Waals surface area contributed by atoms with Crippen LogP contribution in [0, 0.1) is 12.3 Å². The van der Waals surface area contributed by atoms with Gasteiger partial charge in [-0.05, 0) is 57.8 Å². The summed E-state index contributed by atoms with van der Waals surface area (Å²) in [7, 11) is 0.984. The molecule has 1 N–H and O–H groups in total. The molecule has 1 unspecified atom stereocenters. The number of aromatic amines is 1. The zero-order valence-corrected chi connectivity index (χ0v) is 13.5. The fraction of sp³-hybridized carbons (Fsp3) is 0.389. The third kappa shape index (κ3) is 2.82. The van der Waals surface area contributed by atoms with Gasteiger partial charge in [0.2, 0.25) is 0 Å². The van der Waals surface area contributed by atoms with Gasteiger partial charge in [0.15, 0.2) is 0 Å². The fourth-order valence-corrected chi connectivity index (χ4v) is 4.66. The minimum Gasteiger partial charge on any atom is -0.341 e. The molecule has 4 rings (SSSR count). The van der Waals surface area contributed by atoms with Gasteiger partial charge in [-0.15, -0.1) is 6.42 Å². The summed E-state index contributed by atoms with van der Waals surface area (Å²) >= 11 is 0. The van der Waals surface area contributed by atoms with E-state index in [1.165, 1.54) is 32.2 Å². The van der Waals surface area contributed by atoms with Crippen molar-refractivity contribution in [3.05, 3.63) is 41.9 Å². The van der Waals surface area contributed by atoms with Crippen molar-refractivity contribution in [2.45, 2.75) is 37.4 Å². The van der Waals surface area contributed by atoms with Crippen LogP contribution in [0.1, 0.15) is 43.1 Å². The molecule has 0 radical (unpaired) electrons. The van der Waals surface area contributed by atoms with Crippen LogP contribution in [-0.4, -0.2) is 26.8 Å². The Labute approximate surface area is 133 Å². The third-order valence-electron chi connectivity index (χ3n) is 4.45. The minimum atomic E-state index is 0.484. The highest BCUT2D eigenvalue weighted by molar-refractivity contribution is 7.36. The molecule has 1 aromatic heterocycles. The quantitative estimate of drug-likeness (QED) is 0.685. The van der Waals surface area contributed by atoms with E-state index in [1.807, 2.05) is 18.3 Å². The van der Waals surface area contributed by atoms with E-state index in [-0.39, 0.29) is 0 Å². The maximum atomic E-state index is 5.41. The van der Waals surface area contributed by atoms with Crippen molar-refractivity contribution >= 4 is 8.73 Å². The van der Waals surface area contributed by atoms with Gasteiger partial charge >= 0.3 is 0 Å². The van der Waals surface area contributed by atoms with Crippen LogP contribution < -0.4 is 0 Å². The van der Waals surface area contributed by atoms with Crippen molar-refractivity contribution in [3.8, 4) is 23.6 Å². The molecule has 1 aliphatic carbocycles. The molecule has 0 spiro atoms. The number of imidazole rings is 1. The normalized spacial score (nSPS) is 22.4. The summed E-state index contributed by atoms with van der Waals surface area (Å²) in [4.78, 5) is 8.19. The molecule has 2 aliphatic rings. The van der Waals surface area contributed by atoms with E-state index in [9.17, 15) is 0 Å². The molecule has 1 saturated carbocycles. The van der Waals surface area contributed by atoms with Gasteiger partial charge in [0.25, 0.3) is 0 Å². The molecule has 1 saturated heterocycles. The molecular weight excluding hydrogens is 289 g/mol. The topological polar surface area (TPSA) is 31.9 Å². The van der Waals surface area contributed by atoms with Gasteiger partial charge in [0.1, 0.15) is 5.82 Å². The van der Waals surface area contributed by atoms with E-state index in [4.69, 9.17) is 6.42 Å². The summed E-state index contributed by atoms with van der Waals surface area (Å²) in [5.41, 5.74) is 4.11. The van der Waals surface area contributed by atoms with E-state index in [1.54, 1.807) is 0 Å². The molecule has 0 amide bonds. The van der Waals surface area contributed by atoms with Crippen LogP contribution in [0.5, 0.6) is 0 Å². The van der Waals surface area contributed by atoms with Gasteiger partial charge < -0.3 is 4.98 Å². The molecule has 3 nitrogen and oxygen atoms in total. The van der Waals surface area contributed by atoms with Crippen LogP contribution >= 0.6 is 8.73 Å². The first-order chi connectivity index (χ1) is 10.8. The second-order valence-electron chi connectivity index (χ2n) is 6.16. The predicted octanol–water partition coefficient (Wildman–Crippen LogP) is 3.95. The molecule has 2 fully saturated rings. The van der Waals surface area contributed by atoms with Crippen molar-refractivity contribution in [1.29, 1.82) is 0 Å². The smallest absolute Gasteiger partial charge is 0.124 e. The van der Waals surface area contributed by atoms with E-state index in [0.29, 0.717) is 6.04 Å². The zero-order chi connectivity index (χ0) is 14.9. The monoisotopic (exact) mass is 309 g/mol. The maximum absolute atomic E-state index is 5.41. The van der Waals surface area contributed by atoms with Crippen LogP contribution in [0.4, 0.5) is 0 Å². The van der Waals surface area contributed by atoms with Gasteiger partial charge in [0.05, 0.1) is 17.9 Å². The lowest BCUT2D eigenvalue weighted by molar-refractivity contribution is 0.427. The molecule has 4 heteroatoms. The first-order valence-electron chi connectivity index (χ1n) is 7.98. The lowest BCUT2D eigenvalue weighted by Crippen LogP contribution is -2.15. The largest absolute Gasteiger partial charge is 0.341 e. The molecule has 1 aromatic carbocycles. The van der Waals surface area contributed by atoms with Crippen molar-refractivity contribution < 1.29 is 0 Å². The average molecular weight is 309 g/mol. The van der Waals surface area contributed by atoms with Gasteiger partial charge in [-0.1, -0.05) is 18.1 Å². The molecule has 22 heavy (non-hydrogen) atoms. The van der Waals surface area contributed by atoms with Crippen LogP contribution in [-0.2, 0) is 0 Å². The summed E-state index contributed by atoms with van der Waals surface area (Å²) in [6.07, 6.45) is 12.7. The highest BCUT2D eigenvalue weighted by Crippen LogP contribution is 2.48. The number of nitrogens with one attached hydrogen (secondary N) is 1. The number of nitrogens with zero attached hydrogens (tertiary/aromatic N) is 2. The van der Waals surface area contributed by atoms with Gasteiger partial charge in [-0.2, -0.15) is 0 Å². The Morgan fingerprint density at radius 2 is 2.05 bits per heavy atom. The van der Waals surface area contributed by atoms with Gasteiger partial charge in [-0.25, -0.2) is 4.98 Å². The van der Waals surface area contributed by atoms with Crippen LogP contribution in [0.2, 0.25) is 0 Å². The summed E-state index contributed by atoms with van der Waals surface area (Å²) in [6, 6.07) is 8.56. The Morgan fingerprint density at radius 1 is 1.23 bits per heavy atom. The Balaban J connectivity index is 1.53. The molecule has 2 heterocycles. The van der Waals surface area contributed by atoms with Crippen LogP contribution in [0.25, 0.3) is 11.3 Å². The second-order valence-corrected chi connectivity index (χ2v) is 7.81. The fourth-order valence-electron chi connectivity index (χ4n) is 3.05. The first-order valence-corrected chi connectivity index (χ1v) is 9.01. The molecular formula is C18H20N3P. The lowest BCUT2D eigenvalue weighted by Gasteiger charge is -2.22. The minimum absolute atomic E-state index is 0.484. The van der Waals surface area contributed by atoms with E-state index in [2.05, 4.69) is 32.7 Å². The summed E-state index contributed by atoms with van der Waals surface area (Å²) in [5.74, 6) is 3.78. The number of rotatable bonds is 4. The van der Waals surface area contributed by atoms with Crippen molar-refractivity contribution in [2.24, 2.45) is 0 Å². The Morgan fingerprint density at radius 3 is 2.77 bits per heavy atom. The van der Waals surface area contributed by atoms with Crippen molar-refractivity contribution in [2.75, 3.05) is 6.54 Å². The van der Waals surface area contributed by atoms with Crippen LogP contribution in [0.15, 0.2) is 30.5 Å². The van der Waals surface area contributed by atoms with E-state index in [0.717, 1.165) is 37.0 Å². The Bertz CT molecular complexity index is 694. The number of benzene rings is 1. The average Bonchev–Trinajstić information content (AvgIpc) is 3.04. The molecule has 0 bridgehead atoms. The zero-order valence-electron chi connectivity index (χ0n) is 12.5. The van der Waals surface area contributed by atoms with Gasteiger partial charge in [-0.3, -0.25) is 4.67 Å². The number of hydrogen-bond acceptors (Lipinski definition) is 2. The van der Waals surface area contributed by atoms with Crippen LogP contribution in [0.3, 0.4) is 0 Å². The summed E-state index contributed by atoms with van der Waals surface area (Å²) in [6.45, 7) is 1.23. The lowest BCUT2D eigenvalue weighted by atomic mass is 10.1. The summed E-state index contributed by atoms with van der Waals surface area (Å²) in [5, 5.41) is 0. The number of terminal acetylenes is 1. The highest BCUT2D eigenvalue weighted by atomic mass is 31.1. The molecule has 2 aromatic rings. The molecule has 1 aliphatic heterocycles. The Kier molecular flexibility index (Phi) is 3.74. The highest BCUT2D eigenvalue weighted by Gasteiger charge is 2.33. The second kappa shape index (κ2) is 5.88. The standard InChI is InChI=1S/C18H20N3P/c1-2-13-5-7-14(8-6-13)16-12-19-18(20-16)17-4-3-11-21(17)22-15-9-10-15/h1,5-8,12,15,17,22H,3-4,9-11H2,(H,19,20)/t17-/m0/s1. The number of aromatic nitrogens is 2. The predicted molar refractivity (Wildman–Crippen MR) is 92.0 cm³/mol. The van der Waals surface area contributed by atoms with E-state index < -0.39 is 0 Å². The maximum Gasteiger partial charge on any atom is 0.124 e. The van der Waals surface area contributed by atoms with Gasteiger partial charge in [0, 0.05) is 12.1 Å². The Hall–Kier alpha value is -1.62. The molecule has 112 valence electrons. The van der Waals surface area contributed by atoms with E-state index >= 15 is 0 Å². The third-order valence-corrected chi connectivity index (χ3v) is 6.26. The summed E-state index contributed by atoms with van der Waals surface area (Å²) < 4.78 is 2.64. The van der Waals surface area contributed by atoms with Crippen molar-refractivity contribution in [1.82, 2.24) is 14.6 Å².